The third-order valence-electron chi connectivity index (χ3n) is 4.55. The summed E-state index contributed by atoms with van der Waals surface area (Å²) < 4.78 is 0. The van der Waals surface area contributed by atoms with Crippen molar-refractivity contribution in [1.29, 1.82) is 0 Å². The van der Waals surface area contributed by atoms with Crippen LogP contribution in [0.25, 0.3) is 0 Å². The van der Waals surface area contributed by atoms with Crippen molar-refractivity contribution in [3.8, 4) is 0 Å². The predicted octanol–water partition coefficient (Wildman–Crippen LogP) is 3.32. The smallest absolute Gasteiger partial charge is 0.254 e. The molecule has 0 N–H and O–H groups in total. The molecular weight excluding hydrogens is 332 g/mol. The van der Waals surface area contributed by atoms with Crippen LogP contribution in [0.3, 0.4) is 0 Å². The first-order valence-electron chi connectivity index (χ1n) is 8.38. The van der Waals surface area contributed by atoms with Crippen LogP contribution in [0.15, 0.2) is 53.4 Å². The van der Waals surface area contributed by atoms with Crippen molar-refractivity contribution < 1.29 is 9.59 Å². The Hall–Kier alpha value is -2.27. The van der Waals surface area contributed by atoms with E-state index in [1.807, 2.05) is 71.5 Å². The molecule has 2 aromatic rings. The fourth-order valence-corrected chi connectivity index (χ4v) is 3.44. The number of thioether (sulfide) groups is 1. The van der Waals surface area contributed by atoms with Gasteiger partial charge < -0.3 is 9.80 Å². The molecule has 130 valence electrons. The maximum atomic E-state index is 12.8. The summed E-state index contributed by atoms with van der Waals surface area (Å²) in [5.41, 5.74) is 2.45. The highest BCUT2D eigenvalue weighted by molar-refractivity contribution is 7.98. The van der Waals surface area contributed by atoms with Gasteiger partial charge in [-0.2, -0.15) is 0 Å². The Kier molecular flexibility index (Phi) is 5.43. The standard InChI is InChI=1S/C20H22N2O2S/c1-15-8-9-17(25-2)14-18(15)20(24)22-12-10-21(11-13-22)19(23)16-6-4-3-5-7-16/h3-9,14H,10-13H2,1-2H3. The molecule has 0 atom stereocenters. The molecule has 0 radical (unpaired) electrons. The van der Waals surface area contributed by atoms with E-state index < -0.39 is 0 Å². The molecule has 0 unspecified atom stereocenters. The zero-order valence-corrected chi connectivity index (χ0v) is 15.4. The molecule has 2 amide bonds. The van der Waals surface area contributed by atoms with Gasteiger partial charge >= 0.3 is 0 Å². The lowest BCUT2D eigenvalue weighted by Crippen LogP contribution is -2.50. The topological polar surface area (TPSA) is 40.6 Å². The van der Waals surface area contributed by atoms with Gasteiger partial charge in [-0.15, -0.1) is 11.8 Å². The summed E-state index contributed by atoms with van der Waals surface area (Å²) in [7, 11) is 0. The van der Waals surface area contributed by atoms with E-state index in [0.717, 1.165) is 16.0 Å². The number of carbonyl (C=O) groups excluding carboxylic acids is 2. The molecule has 1 fully saturated rings. The Labute approximate surface area is 152 Å². The van der Waals surface area contributed by atoms with Crippen LogP contribution in [-0.2, 0) is 0 Å². The van der Waals surface area contributed by atoms with E-state index in [0.29, 0.717) is 31.7 Å². The Morgan fingerprint density at radius 3 is 2.08 bits per heavy atom. The second kappa shape index (κ2) is 7.74. The number of amides is 2. The first-order chi connectivity index (χ1) is 12.1. The predicted molar refractivity (Wildman–Crippen MR) is 101 cm³/mol. The molecule has 5 heteroatoms. The molecule has 3 rings (SSSR count). The number of nitrogens with zero attached hydrogens (tertiary/aromatic N) is 2. The monoisotopic (exact) mass is 354 g/mol. The summed E-state index contributed by atoms with van der Waals surface area (Å²) in [5.74, 6) is 0.0912. The summed E-state index contributed by atoms with van der Waals surface area (Å²) in [6, 6.07) is 15.3. The summed E-state index contributed by atoms with van der Waals surface area (Å²) in [6.07, 6.45) is 2.01. The van der Waals surface area contributed by atoms with Crippen LogP contribution in [0.5, 0.6) is 0 Å². The van der Waals surface area contributed by atoms with E-state index >= 15 is 0 Å². The number of carbonyl (C=O) groups is 2. The van der Waals surface area contributed by atoms with Crippen LogP contribution in [0.2, 0.25) is 0 Å². The highest BCUT2D eigenvalue weighted by atomic mass is 32.2. The number of aryl methyl sites for hydroxylation is 1. The second-order valence-electron chi connectivity index (χ2n) is 6.13. The maximum absolute atomic E-state index is 12.8. The van der Waals surface area contributed by atoms with Gasteiger partial charge in [0.1, 0.15) is 0 Å². The summed E-state index contributed by atoms with van der Waals surface area (Å²) >= 11 is 1.63. The Balaban J connectivity index is 1.66. The average Bonchev–Trinajstić information content (AvgIpc) is 2.68. The van der Waals surface area contributed by atoms with Gasteiger partial charge in [0.15, 0.2) is 0 Å². The van der Waals surface area contributed by atoms with Crippen molar-refractivity contribution in [2.45, 2.75) is 11.8 Å². The molecule has 1 aliphatic rings. The lowest BCUT2D eigenvalue weighted by Gasteiger charge is -2.35. The molecule has 0 aromatic heterocycles. The van der Waals surface area contributed by atoms with E-state index in [1.54, 1.807) is 11.8 Å². The number of benzene rings is 2. The highest BCUT2D eigenvalue weighted by Crippen LogP contribution is 2.21. The third kappa shape index (κ3) is 3.87. The van der Waals surface area contributed by atoms with Crippen molar-refractivity contribution in [1.82, 2.24) is 9.80 Å². The minimum atomic E-state index is 0.0354. The van der Waals surface area contributed by atoms with E-state index in [2.05, 4.69) is 0 Å². The summed E-state index contributed by atoms with van der Waals surface area (Å²) in [5, 5.41) is 0. The second-order valence-corrected chi connectivity index (χ2v) is 7.01. The average molecular weight is 354 g/mol. The molecule has 4 nitrogen and oxygen atoms in total. The molecule has 0 bridgehead atoms. The van der Waals surface area contributed by atoms with Crippen molar-refractivity contribution >= 4 is 23.6 Å². The van der Waals surface area contributed by atoms with Gasteiger partial charge in [-0.05, 0) is 43.0 Å². The lowest BCUT2D eigenvalue weighted by molar-refractivity contribution is 0.0535. The van der Waals surface area contributed by atoms with Gasteiger partial charge in [0.2, 0.25) is 0 Å². The van der Waals surface area contributed by atoms with Gasteiger partial charge in [0, 0.05) is 42.2 Å². The van der Waals surface area contributed by atoms with Gasteiger partial charge in [0.05, 0.1) is 0 Å². The lowest BCUT2D eigenvalue weighted by atomic mass is 10.1. The fraction of sp³-hybridized carbons (Fsp3) is 0.300. The van der Waals surface area contributed by atoms with Gasteiger partial charge in [-0.25, -0.2) is 0 Å². The first-order valence-corrected chi connectivity index (χ1v) is 9.61. The Morgan fingerprint density at radius 1 is 0.880 bits per heavy atom. The van der Waals surface area contributed by atoms with Crippen LogP contribution in [-0.4, -0.2) is 54.0 Å². The minimum absolute atomic E-state index is 0.0354. The molecule has 1 aliphatic heterocycles. The SMILES string of the molecule is CSc1ccc(C)c(C(=O)N2CCN(C(=O)c3ccccc3)CC2)c1. The van der Waals surface area contributed by atoms with Crippen molar-refractivity contribution in [2.75, 3.05) is 32.4 Å². The van der Waals surface area contributed by atoms with Gasteiger partial charge in [0.25, 0.3) is 11.8 Å². The third-order valence-corrected chi connectivity index (χ3v) is 5.28. The normalized spacial score (nSPS) is 14.5. The Bertz CT molecular complexity index is 769. The number of hydrogen-bond acceptors (Lipinski definition) is 3. The number of rotatable bonds is 3. The van der Waals surface area contributed by atoms with Gasteiger partial charge in [-0.1, -0.05) is 24.3 Å². The molecule has 1 heterocycles. The van der Waals surface area contributed by atoms with E-state index in [-0.39, 0.29) is 11.8 Å². The van der Waals surface area contributed by atoms with Crippen molar-refractivity contribution in [3.63, 3.8) is 0 Å². The zero-order chi connectivity index (χ0) is 17.8. The number of piperazine rings is 1. The van der Waals surface area contributed by atoms with Crippen molar-refractivity contribution in [2.24, 2.45) is 0 Å². The van der Waals surface area contributed by atoms with Crippen molar-refractivity contribution in [3.05, 3.63) is 65.2 Å². The Morgan fingerprint density at radius 2 is 1.48 bits per heavy atom. The minimum Gasteiger partial charge on any atom is -0.335 e. The molecular formula is C20H22N2O2S. The summed E-state index contributed by atoms with van der Waals surface area (Å²) in [6.45, 7) is 4.24. The van der Waals surface area contributed by atoms with Crippen LogP contribution in [0.1, 0.15) is 26.3 Å². The number of hydrogen-bond donors (Lipinski definition) is 0. The van der Waals surface area contributed by atoms with Gasteiger partial charge in [-0.3, -0.25) is 9.59 Å². The highest BCUT2D eigenvalue weighted by Gasteiger charge is 2.26. The first kappa shape index (κ1) is 17.5. The molecule has 0 saturated carbocycles. The van der Waals surface area contributed by atoms with Crippen LogP contribution in [0.4, 0.5) is 0 Å². The maximum Gasteiger partial charge on any atom is 0.254 e. The quantitative estimate of drug-likeness (QED) is 0.794. The van der Waals surface area contributed by atoms with Crippen LogP contribution >= 0.6 is 11.8 Å². The van der Waals surface area contributed by atoms with E-state index in [1.165, 1.54) is 0 Å². The molecule has 25 heavy (non-hydrogen) atoms. The largest absolute Gasteiger partial charge is 0.335 e. The molecule has 2 aromatic carbocycles. The summed E-state index contributed by atoms with van der Waals surface area (Å²) in [4.78, 5) is 30.1. The van der Waals surface area contributed by atoms with E-state index in [9.17, 15) is 9.59 Å². The van der Waals surface area contributed by atoms with Crippen LogP contribution < -0.4 is 0 Å². The zero-order valence-electron chi connectivity index (χ0n) is 14.6. The molecule has 1 saturated heterocycles. The van der Waals surface area contributed by atoms with E-state index in [4.69, 9.17) is 0 Å². The molecule has 0 spiro atoms. The van der Waals surface area contributed by atoms with Crippen LogP contribution in [0, 0.1) is 6.92 Å². The fourth-order valence-electron chi connectivity index (χ4n) is 3.00. The molecule has 0 aliphatic carbocycles.